The first-order valence-corrected chi connectivity index (χ1v) is 11.4. The van der Waals surface area contributed by atoms with Crippen molar-refractivity contribution in [2.24, 2.45) is 7.05 Å². The number of aryl methyl sites for hydroxylation is 1. The van der Waals surface area contributed by atoms with Gasteiger partial charge in [-0.3, -0.25) is 9.48 Å². The molecular weight excluding hydrogens is 481 g/mol. The number of hydrogen-bond donors (Lipinski definition) is 2. The van der Waals surface area contributed by atoms with E-state index < -0.39 is 23.7 Å². The van der Waals surface area contributed by atoms with Gasteiger partial charge in [-0.2, -0.15) is 23.5 Å². The summed E-state index contributed by atoms with van der Waals surface area (Å²) in [6.07, 6.45) is 1.08. The third kappa shape index (κ3) is 6.59. The van der Waals surface area contributed by atoms with Crippen molar-refractivity contribution in [2.45, 2.75) is 18.6 Å². The molecule has 0 bridgehead atoms. The van der Waals surface area contributed by atoms with E-state index in [0.717, 1.165) is 28.8 Å². The van der Waals surface area contributed by atoms with E-state index in [0.29, 0.717) is 18.5 Å². The fourth-order valence-corrected chi connectivity index (χ4v) is 3.77. The highest BCUT2D eigenvalue weighted by atomic mass is 19.4. The van der Waals surface area contributed by atoms with E-state index in [1.807, 2.05) is 12.3 Å². The minimum atomic E-state index is -4.54. The van der Waals surface area contributed by atoms with Crippen molar-refractivity contribution in [2.75, 3.05) is 11.9 Å². The van der Waals surface area contributed by atoms with Gasteiger partial charge in [0, 0.05) is 37.1 Å². The number of aromatic nitrogens is 3. The van der Waals surface area contributed by atoms with Gasteiger partial charge in [0.05, 0.1) is 23.4 Å². The second kappa shape index (κ2) is 11.1. The summed E-state index contributed by atoms with van der Waals surface area (Å²) in [7, 11) is 1.80. The smallest absolute Gasteiger partial charge is 0.309 e. The molecule has 10 heteroatoms. The molecule has 2 aromatic heterocycles. The van der Waals surface area contributed by atoms with E-state index in [1.165, 1.54) is 12.1 Å². The molecule has 0 saturated heterocycles. The number of halogens is 3. The van der Waals surface area contributed by atoms with Gasteiger partial charge in [0.25, 0.3) is 0 Å². The highest BCUT2D eigenvalue weighted by molar-refractivity contribution is 5.95. The summed E-state index contributed by atoms with van der Waals surface area (Å²) in [5.74, 6) is -0.274. The Kier molecular flexibility index (Phi) is 7.65. The van der Waals surface area contributed by atoms with Crippen molar-refractivity contribution in [1.82, 2.24) is 20.1 Å². The number of hydrogen-bond acceptors (Lipinski definition) is 5. The third-order valence-corrected chi connectivity index (χ3v) is 5.71. The van der Waals surface area contributed by atoms with Crippen molar-refractivity contribution in [3.63, 3.8) is 0 Å². The van der Waals surface area contributed by atoms with Gasteiger partial charge >= 0.3 is 6.18 Å². The molecule has 2 heterocycles. The van der Waals surface area contributed by atoms with E-state index in [-0.39, 0.29) is 11.4 Å². The molecule has 0 spiro atoms. The molecule has 0 aliphatic carbocycles. The van der Waals surface area contributed by atoms with Crippen LogP contribution in [0.5, 0.6) is 0 Å². The summed E-state index contributed by atoms with van der Waals surface area (Å²) in [6.45, 7) is 0.313. The molecule has 2 N–H and O–H groups in total. The number of rotatable bonds is 8. The Morgan fingerprint density at radius 1 is 1.08 bits per heavy atom. The number of amides is 1. The van der Waals surface area contributed by atoms with Crippen LogP contribution in [0.4, 0.5) is 19.0 Å². The predicted octanol–water partition coefficient (Wildman–Crippen LogP) is 4.88. The molecule has 7 nitrogen and oxygen atoms in total. The maximum atomic E-state index is 13.3. The molecule has 0 saturated carbocycles. The second-order valence-electron chi connectivity index (χ2n) is 8.39. The molecule has 4 rings (SSSR count). The number of nitriles is 1. The summed E-state index contributed by atoms with van der Waals surface area (Å²) in [6, 6.07) is 16.1. The largest absolute Gasteiger partial charge is 0.416 e. The number of nitrogens with one attached hydrogen (secondary N) is 2. The van der Waals surface area contributed by atoms with Crippen LogP contribution in [0, 0.1) is 11.3 Å². The van der Waals surface area contributed by atoms with Crippen molar-refractivity contribution < 1.29 is 18.0 Å². The molecule has 1 amide bonds. The van der Waals surface area contributed by atoms with Gasteiger partial charge in [0.2, 0.25) is 5.91 Å². The van der Waals surface area contributed by atoms with Gasteiger partial charge in [-0.15, -0.1) is 0 Å². The Bertz CT molecular complexity index is 1410. The van der Waals surface area contributed by atoms with Crippen molar-refractivity contribution >= 4 is 11.7 Å². The zero-order valence-corrected chi connectivity index (χ0v) is 19.8. The summed E-state index contributed by atoms with van der Waals surface area (Å²) in [4.78, 5) is 17.5. The average Bonchev–Trinajstić information content (AvgIpc) is 3.33. The fraction of sp³-hybridized carbons (Fsp3) is 0.185. The van der Waals surface area contributed by atoms with Gasteiger partial charge in [0.15, 0.2) is 0 Å². The number of pyridine rings is 1. The number of carbonyl (C=O) groups is 1. The monoisotopic (exact) mass is 504 g/mol. The van der Waals surface area contributed by atoms with E-state index in [1.54, 1.807) is 60.5 Å². The van der Waals surface area contributed by atoms with Gasteiger partial charge in [0.1, 0.15) is 11.9 Å². The SMILES string of the molecule is Cn1cc(-c2ccc(NC(=O)C(NCCc3ccc(C#N)cc3)c3cccc(C(F)(F)F)c3)nc2)cn1. The molecule has 0 radical (unpaired) electrons. The Balaban J connectivity index is 1.51. The molecular formula is C27H23F3N6O. The number of carbonyl (C=O) groups excluding carboxylic acids is 1. The maximum absolute atomic E-state index is 13.3. The highest BCUT2D eigenvalue weighted by Crippen LogP contribution is 2.31. The minimum Gasteiger partial charge on any atom is -0.309 e. The molecule has 2 aromatic carbocycles. The van der Waals surface area contributed by atoms with Crippen LogP contribution in [0.1, 0.15) is 28.3 Å². The fourth-order valence-electron chi connectivity index (χ4n) is 3.77. The van der Waals surface area contributed by atoms with E-state index in [4.69, 9.17) is 5.26 Å². The first-order chi connectivity index (χ1) is 17.7. The lowest BCUT2D eigenvalue weighted by Crippen LogP contribution is -2.34. The second-order valence-corrected chi connectivity index (χ2v) is 8.39. The predicted molar refractivity (Wildman–Crippen MR) is 132 cm³/mol. The van der Waals surface area contributed by atoms with E-state index in [9.17, 15) is 18.0 Å². The Hall–Kier alpha value is -4.49. The summed E-state index contributed by atoms with van der Waals surface area (Å²) in [5, 5.41) is 18.8. The van der Waals surface area contributed by atoms with E-state index >= 15 is 0 Å². The first-order valence-electron chi connectivity index (χ1n) is 11.4. The number of anilines is 1. The standard InChI is InChI=1S/C27H23F3N6O/c1-36-17-22(16-34-36)21-9-10-24(33-15-21)35-26(37)25(20-3-2-4-23(13-20)27(28,29)30)32-12-11-18-5-7-19(14-31)8-6-18/h2-10,13,15-17,25,32H,11-12H2,1H3,(H,33,35,37). The zero-order chi connectivity index (χ0) is 26.4. The van der Waals surface area contributed by atoms with Gasteiger partial charge in [-0.05, 0) is 53.9 Å². The molecule has 4 aromatic rings. The minimum absolute atomic E-state index is 0.180. The highest BCUT2D eigenvalue weighted by Gasteiger charge is 2.32. The van der Waals surface area contributed by atoms with Crippen LogP contribution in [0.25, 0.3) is 11.1 Å². The molecule has 1 unspecified atom stereocenters. The van der Waals surface area contributed by atoms with Gasteiger partial charge < -0.3 is 10.6 Å². The van der Waals surface area contributed by atoms with Crippen molar-refractivity contribution in [3.8, 4) is 17.2 Å². The number of alkyl halides is 3. The van der Waals surface area contributed by atoms with Crippen LogP contribution in [0.2, 0.25) is 0 Å². The van der Waals surface area contributed by atoms with Crippen LogP contribution in [0.3, 0.4) is 0 Å². The van der Waals surface area contributed by atoms with E-state index in [2.05, 4.69) is 20.7 Å². The number of benzene rings is 2. The molecule has 0 aliphatic heterocycles. The summed E-state index contributed by atoms with van der Waals surface area (Å²) < 4.78 is 41.7. The van der Waals surface area contributed by atoms with Crippen LogP contribution >= 0.6 is 0 Å². The Morgan fingerprint density at radius 3 is 2.49 bits per heavy atom. The lowest BCUT2D eigenvalue weighted by atomic mass is 10.0. The van der Waals surface area contributed by atoms with Crippen LogP contribution < -0.4 is 10.6 Å². The summed E-state index contributed by atoms with van der Waals surface area (Å²) >= 11 is 0. The third-order valence-electron chi connectivity index (χ3n) is 5.71. The first kappa shape index (κ1) is 25.6. The lowest BCUT2D eigenvalue weighted by Gasteiger charge is -2.20. The van der Waals surface area contributed by atoms with Gasteiger partial charge in [-0.25, -0.2) is 4.98 Å². The van der Waals surface area contributed by atoms with Crippen LogP contribution in [0.15, 0.2) is 79.3 Å². The van der Waals surface area contributed by atoms with Crippen molar-refractivity contribution in [1.29, 1.82) is 5.26 Å². The molecule has 1 atom stereocenters. The number of nitrogens with zero attached hydrogens (tertiary/aromatic N) is 4. The average molecular weight is 505 g/mol. The summed E-state index contributed by atoms with van der Waals surface area (Å²) in [5.41, 5.74) is 2.46. The van der Waals surface area contributed by atoms with Gasteiger partial charge in [-0.1, -0.05) is 24.3 Å². The van der Waals surface area contributed by atoms with Crippen LogP contribution in [-0.4, -0.2) is 27.2 Å². The lowest BCUT2D eigenvalue weighted by molar-refractivity contribution is -0.137. The normalized spacial score (nSPS) is 12.1. The molecule has 188 valence electrons. The molecule has 0 aliphatic rings. The Morgan fingerprint density at radius 2 is 1.86 bits per heavy atom. The van der Waals surface area contributed by atoms with Crippen LogP contribution in [-0.2, 0) is 24.4 Å². The topological polar surface area (TPSA) is 95.6 Å². The zero-order valence-electron chi connectivity index (χ0n) is 19.8. The quantitative estimate of drug-likeness (QED) is 0.357. The molecule has 37 heavy (non-hydrogen) atoms. The maximum Gasteiger partial charge on any atom is 0.416 e. The van der Waals surface area contributed by atoms with Crippen molar-refractivity contribution in [3.05, 3.63) is 102 Å². The molecule has 0 fully saturated rings. The Labute approximate surface area is 211 Å².